The van der Waals surface area contributed by atoms with Crippen molar-refractivity contribution in [3.63, 3.8) is 0 Å². The summed E-state index contributed by atoms with van der Waals surface area (Å²) >= 11 is 0. The van der Waals surface area contributed by atoms with E-state index in [0.29, 0.717) is 28.2 Å². The summed E-state index contributed by atoms with van der Waals surface area (Å²) in [5.74, 6) is 1.16. The van der Waals surface area contributed by atoms with Crippen molar-refractivity contribution in [2.24, 2.45) is 5.41 Å². The molecule has 0 amide bonds. The molecule has 2 aromatic carbocycles. The maximum atomic E-state index is 12.2. The third kappa shape index (κ3) is 4.13. The maximum absolute atomic E-state index is 12.2. The van der Waals surface area contributed by atoms with Crippen molar-refractivity contribution in [3.05, 3.63) is 98.2 Å². The molecule has 4 aromatic rings. The van der Waals surface area contributed by atoms with Gasteiger partial charge in [0.1, 0.15) is 22.7 Å². The summed E-state index contributed by atoms with van der Waals surface area (Å²) in [5.41, 5.74) is 2.64. The van der Waals surface area contributed by atoms with Crippen molar-refractivity contribution >= 4 is 28.0 Å². The number of allylic oxidation sites excluding steroid dienone is 3. The van der Waals surface area contributed by atoms with Crippen LogP contribution in [0.15, 0.2) is 84.7 Å². The van der Waals surface area contributed by atoms with E-state index in [4.69, 9.17) is 18.3 Å². The Kier molecular flexibility index (Phi) is 6.04. The Balaban J connectivity index is 1.71. The number of rotatable bonds is 5. The molecule has 0 saturated heterocycles. The van der Waals surface area contributed by atoms with Crippen LogP contribution in [0.4, 0.5) is 0 Å². The number of ether oxygens (including phenoxy) is 2. The van der Waals surface area contributed by atoms with Crippen LogP contribution >= 0.6 is 0 Å². The molecular formula is C30H28O6. The van der Waals surface area contributed by atoms with Crippen LogP contribution in [-0.2, 0) is 0 Å². The zero-order chi connectivity index (χ0) is 25.4. The van der Waals surface area contributed by atoms with Gasteiger partial charge < -0.3 is 18.3 Å². The van der Waals surface area contributed by atoms with Gasteiger partial charge in [0, 0.05) is 34.4 Å². The molecule has 0 bridgehead atoms. The van der Waals surface area contributed by atoms with Crippen molar-refractivity contribution in [3.8, 4) is 11.5 Å². The predicted octanol–water partition coefficient (Wildman–Crippen LogP) is 6.46. The number of methoxy groups -OCH3 is 2. The lowest BCUT2D eigenvalue weighted by atomic mass is 9.65. The Labute approximate surface area is 208 Å². The first-order valence-electron chi connectivity index (χ1n) is 11.9. The second kappa shape index (κ2) is 9.19. The zero-order valence-corrected chi connectivity index (χ0v) is 20.8. The summed E-state index contributed by atoms with van der Waals surface area (Å²) in [7, 11) is 3.22. The van der Waals surface area contributed by atoms with Crippen LogP contribution in [0.25, 0.3) is 28.0 Å². The Morgan fingerprint density at radius 2 is 1.44 bits per heavy atom. The quantitative estimate of drug-likeness (QED) is 0.239. The fourth-order valence-corrected chi connectivity index (χ4v) is 5.13. The first-order valence-corrected chi connectivity index (χ1v) is 11.9. The predicted molar refractivity (Wildman–Crippen MR) is 141 cm³/mol. The average molecular weight is 485 g/mol. The van der Waals surface area contributed by atoms with Crippen molar-refractivity contribution in [1.29, 1.82) is 0 Å². The van der Waals surface area contributed by atoms with Crippen molar-refractivity contribution in [1.82, 2.24) is 0 Å². The van der Waals surface area contributed by atoms with E-state index in [1.54, 1.807) is 26.4 Å². The molecule has 0 N–H and O–H groups in total. The third-order valence-corrected chi connectivity index (χ3v) is 7.18. The van der Waals surface area contributed by atoms with Gasteiger partial charge in [0.15, 0.2) is 0 Å². The topological polar surface area (TPSA) is 78.9 Å². The van der Waals surface area contributed by atoms with Gasteiger partial charge in [0.05, 0.1) is 19.8 Å². The summed E-state index contributed by atoms with van der Waals surface area (Å²) in [6.07, 6.45) is 8.14. The van der Waals surface area contributed by atoms with Gasteiger partial charge in [-0.05, 0) is 61.6 Å². The number of benzene rings is 2. The highest BCUT2D eigenvalue weighted by molar-refractivity contribution is 5.88. The first kappa shape index (κ1) is 23.7. The Morgan fingerprint density at radius 3 is 2.11 bits per heavy atom. The minimum absolute atomic E-state index is 0.125. The third-order valence-electron chi connectivity index (χ3n) is 7.18. The normalized spacial score (nSPS) is 20.1. The van der Waals surface area contributed by atoms with Crippen LogP contribution in [0.2, 0.25) is 0 Å². The monoisotopic (exact) mass is 484 g/mol. The number of hydrogen-bond donors (Lipinski definition) is 0. The molecule has 36 heavy (non-hydrogen) atoms. The maximum Gasteiger partial charge on any atom is 0.336 e. The van der Waals surface area contributed by atoms with Crippen molar-refractivity contribution in [2.75, 3.05) is 14.2 Å². The summed E-state index contributed by atoms with van der Waals surface area (Å²) in [4.78, 5) is 24.2. The van der Waals surface area contributed by atoms with E-state index in [9.17, 15) is 9.59 Å². The van der Waals surface area contributed by atoms with Gasteiger partial charge in [-0.15, -0.1) is 0 Å². The molecule has 0 spiro atoms. The van der Waals surface area contributed by atoms with Crippen LogP contribution in [0.5, 0.6) is 11.5 Å². The molecule has 2 atom stereocenters. The molecule has 1 aliphatic rings. The highest BCUT2D eigenvalue weighted by atomic mass is 16.5. The lowest BCUT2D eigenvalue weighted by Gasteiger charge is -2.38. The Morgan fingerprint density at radius 1 is 0.861 bits per heavy atom. The smallest absolute Gasteiger partial charge is 0.336 e. The SMILES string of the molecule is COc1ccc2ccc(=O)oc2c1C=CC1(C)CCC(C)=CC1c1c(OC)ccc2ccc(=O)oc12. The van der Waals surface area contributed by atoms with E-state index in [2.05, 4.69) is 26.0 Å². The molecule has 2 heterocycles. The zero-order valence-electron chi connectivity index (χ0n) is 20.8. The van der Waals surface area contributed by atoms with E-state index < -0.39 is 11.3 Å². The molecule has 5 rings (SSSR count). The minimum atomic E-state index is -0.416. The van der Waals surface area contributed by atoms with E-state index in [0.717, 1.165) is 29.2 Å². The van der Waals surface area contributed by atoms with Gasteiger partial charge in [0.2, 0.25) is 0 Å². The summed E-state index contributed by atoms with van der Waals surface area (Å²) in [6, 6.07) is 13.9. The molecule has 2 aromatic heterocycles. The first-order chi connectivity index (χ1) is 17.3. The van der Waals surface area contributed by atoms with E-state index >= 15 is 0 Å². The molecule has 0 radical (unpaired) electrons. The van der Waals surface area contributed by atoms with Crippen LogP contribution in [-0.4, -0.2) is 14.2 Å². The molecule has 6 heteroatoms. The van der Waals surface area contributed by atoms with Crippen molar-refractivity contribution < 1.29 is 18.3 Å². The summed E-state index contributed by atoms with van der Waals surface area (Å²) in [5, 5.41) is 1.65. The molecule has 0 fully saturated rings. The average Bonchev–Trinajstić information content (AvgIpc) is 2.88. The molecule has 6 nitrogen and oxygen atoms in total. The van der Waals surface area contributed by atoms with Gasteiger partial charge in [-0.25, -0.2) is 9.59 Å². The number of fused-ring (bicyclic) bond motifs is 2. The number of hydrogen-bond acceptors (Lipinski definition) is 6. The van der Waals surface area contributed by atoms with Gasteiger partial charge in [0.25, 0.3) is 0 Å². The van der Waals surface area contributed by atoms with Gasteiger partial charge in [-0.3, -0.25) is 0 Å². The van der Waals surface area contributed by atoms with E-state index in [1.807, 2.05) is 30.3 Å². The summed E-state index contributed by atoms with van der Waals surface area (Å²) in [6.45, 7) is 4.30. The minimum Gasteiger partial charge on any atom is -0.496 e. The van der Waals surface area contributed by atoms with Gasteiger partial charge in [-0.1, -0.05) is 30.7 Å². The molecular weight excluding hydrogens is 456 g/mol. The second-order valence-electron chi connectivity index (χ2n) is 9.54. The lowest BCUT2D eigenvalue weighted by Crippen LogP contribution is -2.26. The van der Waals surface area contributed by atoms with Crippen LogP contribution in [0.3, 0.4) is 0 Å². The van der Waals surface area contributed by atoms with Crippen molar-refractivity contribution in [2.45, 2.75) is 32.6 Å². The van der Waals surface area contributed by atoms with Gasteiger partial charge >= 0.3 is 11.3 Å². The van der Waals surface area contributed by atoms with Gasteiger partial charge in [-0.2, -0.15) is 0 Å². The molecule has 0 aliphatic heterocycles. The largest absolute Gasteiger partial charge is 0.496 e. The Hall–Kier alpha value is -4.06. The van der Waals surface area contributed by atoms with E-state index in [-0.39, 0.29) is 11.3 Å². The molecule has 1 aliphatic carbocycles. The standard InChI is InChI=1S/C30H28O6/c1-18-13-15-30(2,16-14-21-23(33-3)9-5-19-7-11-25(31)35-28(19)21)22(17-18)27-24(34-4)10-6-20-8-12-26(32)36-29(20)27/h5-12,14,16-17,22H,13,15H2,1-4H3. The van der Waals surface area contributed by atoms with Crippen LogP contribution in [0.1, 0.15) is 43.7 Å². The summed E-state index contributed by atoms with van der Waals surface area (Å²) < 4.78 is 22.7. The molecule has 184 valence electrons. The van der Waals surface area contributed by atoms with Crippen LogP contribution < -0.4 is 20.7 Å². The second-order valence-corrected chi connectivity index (χ2v) is 9.54. The fourth-order valence-electron chi connectivity index (χ4n) is 5.13. The highest BCUT2D eigenvalue weighted by Gasteiger charge is 2.38. The molecule has 0 saturated carbocycles. The van der Waals surface area contributed by atoms with Crippen LogP contribution in [0, 0.1) is 5.41 Å². The van der Waals surface area contributed by atoms with E-state index in [1.165, 1.54) is 17.7 Å². The fraction of sp³-hybridized carbons (Fsp3) is 0.267. The Bertz CT molecular complexity index is 1640. The highest BCUT2D eigenvalue weighted by Crippen LogP contribution is 2.51. The lowest BCUT2D eigenvalue weighted by molar-refractivity contribution is 0.321. The molecule has 2 unspecified atom stereocenters.